The second-order valence-electron chi connectivity index (χ2n) is 9.14. The lowest BCUT2D eigenvalue weighted by Crippen LogP contribution is -2.19. The minimum absolute atomic E-state index is 0.147. The largest absolute Gasteiger partial charge is 0.462 e. The number of fused-ring (bicyclic) bond motifs is 1. The molecule has 1 N–H and O–H groups in total. The van der Waals surface area contributed by atoms with Crippen LogP contribution in [-0.4, -0.2) is 42.6 Å². The minimum atomic E-state index is -4.87. The molecule has 3 heterocycles. The topological polar surface area (TPSA) is 115 Å². The van der Waals surface area contributed by atoms with E-state index in [0.717, 1.165) is 34.6 Å². The van der Waals surface area contributed by atoms with Crippen molar-refractivity contribution in [1.82, 2.24) is 9.97 Å². The molecule has 1 unspecified atom stereocenters. The van der Waals surface area contributed by atoms with Crippen LogP contribution in [0.2, 0.25) is 0 Å². The van der Waals surface area contributed by atoms with E-state index in [2.05, 4.69) is 22.2 Å². The molecule has 0 aromatic carbocycles. The molecular weight excluding hydrogens is 575 g/mol. The van der Waals surface area contributed by atoms with Gasteiger partial charge in [0.2, 0.25) is 20.9 Å². The van der Waals surface area contributed by atoms with Gasteiger partial charge in [-0.1, -0.05) is 13.0 Å². The summed E-state index contributed by atoms with van der Waals surface area (Å²) in [5.74, 6) is -1.23. The number of carbonyl (C=O) groups excluding carboxylic acids is 2. The number of halogens is 3. The zero-order valence-electron chi connectivity index (χ0n) is 21.1. The molecule has 0 saturated carbocycles. The first-order valence-corrected chi connectivity index (χ1v) is 15.6. The van der Waals surface area contributed by atoms with Crippen molar-refractivity contribution in [1.29, 1.82) is 0 Å². The first kappa shape index (κ1) is 29.2. The Morgan fingerprint density at radius 3 is 2.69 bits per heavy atom. The van der Waals surface area contributed by atoms with Crippen molar-refractivity contribution in [3.05, 3.63) is 45.3 Å². The Morgan fingerprint density at radius 1 is 1.26 bits per heavy atom. The van der Waals surface area contributed by atoms with Gasteiger partial charge in [-0.25, -0.2) is 23.2 Å². The van der Waals surface area contributed by atoms with Gasteiger partial charge in [0.25, 0.3) is 0 Å². The number of esters is 1. The molecule has 0 saturated heterocycles. The summed E-state index contributed by atoms with van der Waals surface area (Å²) in [6.07, 6.45) is -2.90. The minimum Gasteiger partial charge on any atom is -0.462 e. The van der Waals surface area contributed by atoms with Gasteiger partial charge < -0.3 is 10.1 Å². The van der Waals surface area contributed by atoms with Gasteiger partial charge in [-0.3, -0.25) is 4.79 Å². The average molecular weight is 602 g/mol. The van der Waals surface area contributed by atoms with Crippen LogP contribution in [0.4, 0.5) is 18.2 Å². The summed E-state index contributed by atoms with van der Waals surface area (Å²) in [6, 6.07) is 3.85. The lowest BCUT2D eigenvalue weighted by atomic mass is 9.88. The molecule has 1 atom stereocenters. The monoisotopic (exact) mass is 601 g/mol. The summed E-state index contributed by atoms with van der Waals surface area (Å²) in [5, 5.41) is 3.77. The van der Waals surface area contributed by atoms with Crippen LogP contribution in [0.5, 0.6) is 0 Å². The average Bonchev–Trinajstić information content (AvgIpc) is 3.51. The van der Waals surface area contributed by atoms with Gasteiger partial charge in [-0.05, 0) is 61.6 Å². The zero-order valence-corrected chi connectivity index (χ0v) is 23.6. The molecule has 0 radical (unpaired) electrons. The molecule has 4 rings (SSSR count). The van der Waals surface area contributed by atoms with Crippen LogP contribution in [0, 0.1) is 5.92 Å². The first-order valence-electron chi connectivity index (χ1n) is 12.2. The Bertz CT molecular complexity index is 1470. The number of sulfone groups is 1. The van der Waals surface area contributed by atoms with Crippen LogP contribution in [-0.2, 0) is 38.4 Å². The number of ether oxygens (including phenoxy) is 1. The van der Waals surface area contributed by atoms with E-state index < -0.39 is 44.5 Å². The van der Waals surface area contributed by atoms with Crippen molar-refractivity contribution in [2.45, 2.75) is 57.3 Å². The van der Waals surface area contributed by atoms with E-state index in [1.165, 1.54) is 17.4 Å². The number of alkyl halides is 3. The number of nitrogens with one attached hydrogen (secondary N) is 1. The van der Waals surface area contributed by atoms with Gasteiger partial charge in [0, 0.05) is 11.3 Å². The molecule has 1 aliphatic carbocycles. The predicted octanol–water partition coefficient (Wildman–Crippen LogP) is 5.78. The van der Waals surface area contributed by atoms with Crippen LogP contribution in [0.25, 0.3) is 10.6 Å². The van der Waals surface area contributed by atoms with E-state index in [1.807, 2.05) is 0 Å². The Morgan fingerprint density at radius 2 is 2.03 bits per heavy atom. The summed E-state index contributed by atoms with van der Waals surface area (Å²) < 4.78 is 71.2. The van der Waals surface area contributed by atoms with Crippen LogP contribution >= 0.6 is 22.7 Å². The summed E-state index contributed by atoms with van der Waals surface area (Å²) in [4.78, 5) is 33.9. The lowest BCUT2D eigenvalue weighted by Gasteiger charge is -2.18. The number of carbonyl (C=O) groups is 2. The van der Waals surface area contributed by atoms with Crippen molar-refractivity contribution in [3.8, 4) is 10.6 Å². The van der Waals surface area contributed by atoms with E-state index >= 15 is 0 Å². The lowest BCUT2D eigenvalue weighted by molar-refractivity contribution is -0.141. The number of anilines is 1. The maximum absolute atomic E-state index is 13.4. The molecule has 1 amide bonds. The maximum Gasteiger partial charge on any atom is 0.433 e. The van der Waals surface area contributed by atoms with Gasteiger partial charge in [0.15, 0.2) is 0 Å². The summed E-state index contributed by atoms with van der Waals surface area (Å²) in [6.45, 7) is 3.98. The highest BCUT2D eigenvalue weighted by atomic mass is 32.2. The number of hydrogen-bond donors (Lipinski definition) is 1. The second kappa shape index (κ2) is 11.7. The fourth-order valence-corrected chi connectivity index (χ4v) is 7.50. The van der Waals surface area contributed by atoms with E-state index in [4.69, 9.17) is 4.74 Å². The van der Waals surface area contributed by atoms with Crippen molar-refractivity contribution < 1.29 is 35.9 Å². The molecule has 39 heavy (non-hydrogen) atoms. The molecule has 0 bridgehead atoms. The standard InChI is InChI=1S/C25H26F3N3O5S3/c1-3-36-23(33)21-15-9-8-14(2)12-18(15)38-22(21)31-20(32)7-5-11-39(34,35)24-29-16(17-6-4-10-37-17)13-19(30-24)25(26,27)28/h4,6,10,13-14H,3,5,7-9,11-12H2,1-2H3,(H,31,32). The SMILES string of the molecule is CCOC(=O)c1c(NC(=O)CCCS(=O)(=O)c2nc(-c3cccs3)cc(C(F)(F)F)n2)sc2c1CCC(C)C2. The number of aromatic nitrogens is 2. The Kier molecular flexibility index (Phi) is 8.76. The van der Waals surface area contributed by atoms with Gasteiger partial charge in [0.05, 0.1) is 28.5 Å². The van der Waals surface area contributed by atoms with Crippen LogP contribution in [0.3, 0.4) is 0 Å². The van der Waals surface area contributed by atoms with Gasteiger partial charge in [0.1, 0.15) is 10.7 Å². The molecular formula is C25H26F3N3O5S3. The maximum atomic E-state index is 13.4. The number of thiophene rings is 2. The molecule has 3 aromatic rings. The number of hydrogen-bond acceptors (Lipinski definition) is 9. The zero-order chi connectivity index (χ0) is 28.4. The molecule has 0 fully saturated rings. The number of amides is 1. The van der Waals surface area contributed by atoms with Crippen molar-refractivity contribution in [3.63, 3.8) is 0 Å². The van der Waals surface area contributed by atoms with E-state index in [-0.39, 0.29) is 25.1 Å². The quantitative estimate of drug-likeness (QED) is 0.244. The smallest absolute Gasteiger partial charge is 0.433 e. The molecule has 1 aliphatic rings. The highest BCUT2D eigenvalue weighted by Gasteiger charge is 2.35. The van der Waals surface area contributed by atoms with E-state index in [1.54, 1.807) is 18.4 Å². The van der Waals surface area contributed by atoms with Crippen molar-refractivity contribution >= 4 is 49.4 Å². The fourth-order valence-electron chi connectivity index (χ4n) is 4.22. The van der Waals surface area contributed by atoms with Crippen LogP contribution in [0.15, 0.2) is 28.7 Å². The van der Waals surface area contributed by atoms with Gasteiger partial charge in [-0.15, -0.1) is 22.7 Å². The molecule has 0 aliphatic heterocycles. The molecule has 210 valence electrons. The normalized spacial score (nSPS) is 15.6. The highest BCUT2D eigenvalue weighted by Crippen LogP contribution is 2.40. The predicted molar refractivity (Wildman–Crippen MR) is 142 cm³/mol. The Labute approximate surface area is 231 Å². The third-order valence-corrected chi connectivity index (χ3v) is 9.74. The van der Waals surface area contributed by atoms with Gasteiger partial charge >= 0.3 is 12.1 Å². The van der Waals surface area contributed by atoms with Crippen LogP contribution < -0.4 is 5.32 Å². The van der Waals surface area contributed by atoms with Crippen molar-refractivity contribution in [2.75, 3.05) is 17.7 Å². The highest BCUT2D eigenvalue weighted by molar-refractivity contribution is 7.91. The molecule has 0 spiro atoms. The van der Waals surface area contributed by atoms with Gasteiger partial charge in [-0.2, -0.15) is 13.2 Å². The third kappa shape index (κ3) is 6.84. The Hall–Kier alpha value is -2.84. The fraction of sp³-hybridized carbons (Fsp3) is 0.440. The summed E-state index contributed by atoms with van der Waals surface area (Å²) >= 11 is 2.43. The molecule has 3 aromatic heterocycles. The summed E-state index contributed by atoms with van der Waals surface area (Å²) in [5.41, 5.74) is -0.299. The number of rotatable bonds is 9. The second-order valence-corrected chi connectivity index (χ2v) is 13.2. The molecule has 14 heteroatoms. The van der Waals surface area contributed by atoms with Crippen molar-refractivity contribution in [2.24, 2.45) is 5.92 Å². The summed E-state index contributed by atoms with van der Waals surface area (Å²) in [7, 11) is -4.33. The Balaban J connectivity index is 1.48. The van der Waals surface area contributed by atoms with E-state index in [0.29, 0.717) is 33.8 Å². The number of nitrogens with zero attached hydrogens (tertiary/aromatic N) is 2. The molecule has 8 nitrogen and oxygen atoms in total. The van der Waals surface area contributed by atoms with Crippen LogP contribution in [0.1, 0.15) is 59.6 Å². The first-order chi connectivity index (χ1) is 18.4. The third-order valence-electron chi connectivity index (χ3n) is 6.11. The van der Waals surface area contributed by atoms with E-state index in [9.17, 15) is 31.2 Å².